The Hall–Kier alpha value is -3.84. The van der Waals surface area contributed by atoms with Crippen LogP contribution in [0.25, 0.3) is 0 Å². The van der Waals surface area contributed by atoms with Gasteiger partial charge in [-0.3, -0.25) is 4.79 Å². The van der Waals surface area contributed by atoms with E-state index < -0.39 is 5.54 Å². The second-order valence-electron chi connectivity index (χ2n) is 8.71. The van der Waals surface area contributed by atoms with Crippen molar-refractivity contribution in [1.82, 2.24) is 5.32 Å². The second kappa shape index (κ2) is 12.2. The fourth-order valence-corrected chi connectivity index (χ4v) is 4.08. The number of rotatable bonds is 12. The lowest BCUT2D eigenvalue weighted by Crippen LogP contribution is -2.48. The van der Waals surface area contributed by atoms with Crippen molar-refractivity contribution in [2.24, 2.45) is 4.99 Å². The molecule has 0 aromatic heterocycles. The minimum absolute atomic E-state index is 0.0911. The summed E-state index contributed by atoms with van der Waals surface area (Å²) in [5, 5.41) is 12.0. The lowest BCUT2D eigenvalue weighted by molar-refractivity contribution is -0.126. The highest BCUT2D eigenvalue weighted by Gasteiger charge is 2.44. The Labute approximate surface area is 211 Å². The number of ether oxygens (including phenoxy) is 3. The minimum Gasteiger partial charge on any atom is -0.497 e. The first-order valence-corrected chi connectivity index (χ1v) is 12.1. The molecule has 0 saturated heterocycles. The van der Waals surface area contributed by atoms with Crippen LogP contribution in [-0.4, -0.2) is 55.9 Å². The molecule has 0 unspecified atom stereocenters. The van der Waals surface area contributed by atoms with Gasteiger partial charge in [-0.1, -0.05) is 42.5 Å². The molecule has 0 fully saturated rings. The summed E-state index contributed by atoms with van der Waals surface area (Å²) < 4.78 is 16.9. The van der Waals surface area contributed by atoms with E-state index in [1.165, 1.54) is 0 Å². The predicted molar refractivity (Wildman–Crippen MR) is 139 cm³/mol. The molecule has 4 rings (SSSR count). The van der Waals surface area contributed by atoms with E-state index in [4.69, 9.17) is 24.3 Å². The van der Waals surface area contributed by atoms with E-state index in [9.17, 15) is 4.79 Å². The van der Waals surface area contributed by atoms with Crippen LogP contribution in [0.3, 0.4) is 0 Å². The van der Waals surface area contributed by atoms with Crippen molar-refractivity contribution >= 4 is 11.8 Å². The largest absolute Gasteiger partial charge is 0.497 e. The molecule has 0 aliphatic carbocycles. The molecule has 0 bridgehead atoms. The van der Waals surface area contributed by atoms with Crippen molar-refractivity contribution in [3.8, 4) is 11.5 Å². The van der Waals surface area contributed by atoms with Crippen LogP contribution < -0.4 is 14.8 Å². The van der Waals surface area contributed by atoms with Crippen molar-refractivity contribution in [3.63, 3.8) is 0 Å². The fraction of sp³-hybridized carbons (Fsp3) is 0.310. The Bertz CT molecular complexity index is 1160. The number of hydrogen-bond acceptors (Lipinski definition) is 6. The van der Waals surface area contributed by atoms with E-state index in [0.29, 0.717) is 44.1 Å². The molecule has 0 spiro atoms. The molecule has 1 amide bonds. The predicted octanol–water partition coefficient (Wildman–Crippen LogP) is 3.57. The number of carbonyl (C=O) groups is 1. The molecule has 1 aliphatic rings. The summed E-state index contributed by atoms with van der Waals surface area (Å²) in [5.41, 5.74) is 1.83. The van der Waals surface area contributed by atoms with Gasteiger partial charge in [-0.2, -0.15) is 0 Å². The van der Waals surface area contributed by atoms with Crippen LogP contribution in [0.5, 0.6) is 11.5 Å². The van der Waals surface area contributed by atoms with Gasteiger partial charge in [0.15, 0.2) is 5.54 Å². The standard InChI is InChI=1S/C29H32N2O5/c1-34-26-10-5-9-22(19-26)15-16-30-28(33)29(20-23-7-3-2-4-8-23)21-36-27(31-29)24-11-13-25(14-12-24)35-18-6-17-32/h2-5,7-14,19,32H,6,15-18,20-21H2,1H3,(H,30,33)/t29-/m1/s1. The van der Waals surface area contributed by atoms with Gasteiger partial charge >= 0.3 is 0 Å². The van der Waals surface area contributed by atoms with Crippen LogP contribution in [0.15, 0.2) is 83.9 Å². The third-order valence-electron chi connectivity index (χ3n) is 6.03. The molecule has 7 nitrogen and oxygen atoms in total. The summed E-state index contributed by atoms with van der Waals surface area (Å²) in [6, 6.07) is 25.1. The summed E-state index contributed by atoms with van der Waals surface area (Å²) in [7, 11) is 1.64. The number of hydrogen-bond donors (Lipinski definition) is 2. The molecule has 2 N–H and O–H groups in total. The van der Waals surface area contributed by atoms with E-state index in [-0.39, 0.29) is 19.1 Å². The third-order valence-corrected chi connectivity index (χ3v) is 6.03. The maximum absolute atomic E-state index is 13.5. The number of carbonyl (C=O) groups excluding carboxylic acids is 1. The maximum atomic E-state index is 13.5. The number of methoxy groups -OCH3 is 1. The Kier molecular flexibility index (Phi) is 8.57. The molecular weight excluding hydrogens is 456 g/mol. The average Bonchev–Trinajstić information content (AvgIpc) is 3.35. The lowest BCUT2D eigenvalue weighted by Gasteiger charge is -2.23. The van der Waals surface area contributed by atoms with Gasteiger partial charge in [0.2, 0.25) is 5.90 Å². The SMILES string of the molecule is COc1cccc(CCNC(=O)[C@@]2(Cc3ccccc3)COC(c3ccc(OCCCO)cc3)=N2)c1. The van der Waals surface area contributed by atoms with Gasteiger partial charge in [0.25, 0.3) is 5.91 Å². The van der Waals surface area contributed by atoms with Crippen LogP contribution in [0.1, 0.15) is 23.1 Å². The molecule has 0 saturated carbocycles. The van der Waals surface area contributed by atoms with Crippen LogP contribution >= 0.6 is 0 Å². The van der Waals surface area contributed by atoms with E-state index in [2.05, 4.69) is 5.32 Å². The van der Waals surface area contributed by atoms with Gasteiger partial charge in [-0.15, -0.1) is 0 Å². The Morgan fingerprint density at radius 2 is 1.81 bits per heavy atom. The number of aliphatic imine (C=N–C) groups is 1. The van der Waals surface area contributed by atoms with Crippen LogP contribution in [0.2, 0.25) is 0 Å². The molecule has 3 aromatic carbocycles. The third kappa shape index (κ3) is 6.43. The maximum Gasteiger partial charge on any atom is 0.251 e. The van der Waals surface area contributed by atoms with Crippen molar-refractivity contribution in [1.29, 1.82) is 0 Å². The first kappa shape index (κ1) is 25.3. The highest BCUT2D eigenvalue weighted by molar-refractivity contribution is 6.00. The highest BCUT2D eigenvalue weighted by Crippen LogP contribution is 2.27. The summed E-state index contributed by atoms with van der Waals surface area (Å²) in [6.45, 7) is 1.18. The quantitative estimate of drug-likeness (QED) is 0.381. The summed E-state index contributed by atoms with van der Waals surface area (Å²) in [4.78, 5) is 18.3. The summed E-state index contributed by atoms with van der Waals surface area (Å²) in [5.74, 6) is 1.78. The normalized spacial score (nSPS) is 16.7. The number of benzene rings is 3. The topological polar surface area (TPSA) is 89.4 Å². The number of nitrogens with one attached hydrogen (secondary N) is 1. The minimum atomic E-state index is -1.05. The van der Waals surface area contributed by atoms with E-state index in [1.807, 2.05) is 78.9 Å². The molecule has 1 aliphatic heterocycles. The smallest absolute Gasteiger partial charge is 0.251 e. The summed E-state index contributed by atoms with van der Waals surface area (Å²) in [6.07, 6.45) is 1.69. The molecule has 36 heavy (non-hydrogen) atoms. The molecular formula is C29H32N2O5. The molecule has 3 aromatic rings. The monoisotopic (exact) mass is 488 g/mol. The van der Waals surface area contributed by atoms with Gasteiger partial charge < -0.3 is 24.6 Å². The fourth-order valence-electron chi connectivity index (χ4n) is 4.08. The van der Waals surface area contributed by atoms with Crippen molar-refractivity contribution < 1.29 is 24.1 Å². The van der Waals surface area contributed by atoms with E-state index in [1.54, 1.807) is 7.11 Å². The van der Waals surface area contributed by atoms with Gasteiger partial charge in [-0.25, -0.2) is 4.99 Å². The molecule has 188 valence electrons. The number of aliphatic hydroxyl groups excluding tert-OH is 1. The molecule has 7 heteroatoms. The number of amides is 1. The van der Waals surface area contributed by atoms with Crippen molar-refractivity contribution in [2.45, 2.75) is 24.8 Å². The van der Waals surface area contributed by atoms with Crippen molar-refractivity contribution in [3.05, 3.63) is 95.6 Å². The van der Waals surface area contributed by atoms with Crippen LogP contribution in [0.4, 0.5) is 0 Å². The van der Waals surface area contributed by atoms with Gasteiger partial charge in [0.1, 0.15) is 18.1 Å². The van der Waals surface area contributed by atoms with Crippen LogP contribution in [0, 0.1) is 0 Å². The molecule has 1 atom stereocenters. The van der Waals surface area contributed by atoms with Gasteiger partial charge in [0, 0.05) is 31.6 Å². The molecule has 1 heterocycles. The molecule has 0 radical (unpaired) electrons. The first-order valence-electron chi connectivity index (χ1n) is 12.1. The Morgan fingerprint density at radius 3 is 2.56 bits per heavy atom. The zero-order valence-corrected chi connectivity index (χ0v) is 20.5. The van der Waals surface area contributed by atoms with Crippen molar-refractivity contribution in [2.75, 3.05) is 33.5 Å². The second-order valence-corrected chi connectivity index (χ2v) is 8.71. The number of nitrogens with zero attached hydrogens (tertiary/aromatic N) is 1. The average molecular weight is 489 g/mol. The number of aliphatic hydroxyl groups is 1. The first-order chi connectivity index (χ1) is 17.6. The van der Waals surface area contributed by atoms with Gasteiger partial charge in [-0.05, 0) is 53.9 Å². The van der Waals surface area contributed by atoms with E-state index in [0.717, 1.165) is 22.4 Å². The highest BCUT2D eigenvalue weighted by atomic mass is 16.5. The zero-order valence-electron chi connectivity index (χ0n) is 20.5. The Balaban J connectivity index is 1.48. The lowest BCUT2D eigenvalue weighted by atomic mass is 9.91. The Morgan fingerprint density at radius 1 is 1.03 bits per heavy atom. The van der Waals surface area contributed by atoms with E-state index >= 15 is 0 Å². The van der Waals surface area contributed by atoms with Gasteiger partial charge in [0.05, 0.1) is 13.7 Å². The summed E-state index contributed by atoms with van der Waals surface area (Å²) >= 11 is 0. The van der Waals surface area contributed by atoms with Crippen LogP contribution in [-0.2, 0) is 22.4 Å². The zero-order chi connectivity index (χ0) is 25.2.